The molecule has 5 heteroatoms. The van der Waals surface area contributed by atoms with E-state index < -0.39 is 0 Å². The summed E-state index contributed by atoms with van der Waals surface area (Å²) in [5.74, 6) is 0.578. The third kappa shape index (κ3) is 2.42. The molecular formula is C15H13FN4. The molecule has 2 aromatic heterocycles. The van der Waals surface area contributed by atoms with Crippen LogP contribution < -0.4 is 4.90 Å². The van der Waals surface area contributed by atoms with Crippen LogP contribution in [0.2, 0.25) is 0 Å². The van der Waals surface area contributed by atoms with Gasteiger partial charge in [0.1, 0.15) is 18.0 Å². The van der Waals surface area contributed by atoms with E-state index in [1.165, 1.54) is 18.5 Å². The van der Waals surface area contributed by atoms with Crippen molar-refractivity contribution < 1.29 is 4.39 Å². The van der Waals surface area contributed by atoms with E-state index in [-0.39, 0.29) is 5.82 Å². The van der Waals surface area contributed by atoms with Crippen molar-refractivity contribution >= 4 is 16.7 Å². The van der Waals surface area contributed by atoms with Crippen molar-refractivity contribution in [3.05, 3.63) is 60.4 Å². The standard InChI is InChI=1S/C15H13FN4/c1-20(9-11-3-2-4-12(16)7-11)15-13-5-6-17-8-14(13)18-10-19-15/h2-8,10H,9H2,1H3. The first-order valence-electron chi connectivity index (χ1n) is 6.24. The fraction of sp³-hybridized carbons (Fsp3) is 0.133. The molecule has 0 spiro atoms. The zero-order valence-electron chi connectivity index (χ0n) is 11.0. The van der Waals surface area contributed by atoms with Crippen molar-refractivity contribution in [1.82, 2.24) is 15.0 Å². The van der Waals surface area contributed by atoms with E-state index in [0.29, 0.717) is 6.54 Å². The summed E-state index contributed by atoms with van der Waals surface area (Å²) in [7, 11) is 1.92. The zero-order chi connectivity index (χ0) is 13.9. The second-order valence-corrected chi connectivity index (χ2v) is 4.58. The highest BCUT2D eigenvalue weighted by Gasteiger charge is 2.09. The predicted octanol–water partition coefficient (Wildman–Crippen LogP) is 2.80. The molecule has 2 heterocycles. The fourth-order valence-electron chi connectivity index (χ4n) is 2.18. The number of hydrogen-bond donors (Lipinski definition) is 0. The SMILES string of the molecule is CN(Cc1cccc(F)c1)c1ncnc2cnccc12. The normalized spacial score (nSPS) is 10.7. The molecule has 0 unspecified atom stereocenters. The maximum absolute atomic E-state index is 13.2. The monoisotopic (exact) mass is 268 g/mol. The minimum Gasteiger partial charge on any atom is -0.355 e. The van der Waals surface area contributed by atoms with Crippen LogP contribution in [0.1, 0.15) is 5.56 Å². The van der Waals surface area contributed by atoms with Crippen molar-refractivity contribution in [2.75, 3.05) is 11.9 Å². The van der Waals surface area contributed by atoms with E-state index in [4.69, 9.17) is 0 Å². The summed E-state index contributed by atoms with van der Waals surface area (Å²) in [4.78, 5) is 14.5. The molecule has 0 aliphatic carbocycles. The Kier molecular flexibility index (Phi) is 3.25. The van der Waals surface area contributed by atoms with Gasteiger partial charge in [0.2, 0.25) is 0 Å². The largest absolute Gasteiger partial charge is 0.355 e. The fourth-order valence-corrected chi connectivity index (χ4v) is 2.18. The number of anilines is 1. The van der Waals surface area contributed by atoms with Crippen molar-refractivity contribution in [3.63, 3.8) is 0 Å². The number of halogens is 1. The van der Waals surface area contributed by atoms with Crippen LogP contribution in [0.15, 0.2) is 49.1 Å². The lowest BCUT2D eigenvalue weighted by molar-refractivity contribution is 0.625. The quantitative estimate of drug-likeness (QED) is 0.732. The number of hydrogen-bond acceptors (Lipinski definition) is 4. The minimum absolute atomic E-state index is 0.229. The Balaban J connectivity index is 1.94. The van der Waals surface area contributed by atoms with Crippen LogP contribution in [-0.4, -0.2) is 22.0 Å². The van der Waals surface area contributed by atoms with Crippen LogP contribution in [-0.2, 0) is 6.54 Å². The van der Waals surface area contributed by atoms with E-state index in [0.717, 1.165) is 22.3 Å². The second-order valence-electron chi connectivity index (χ2n) is 4.58. The van der Waals surface area contributed by atoms with Crippen molar-refractivity contribution in [3.8, 4) is 0 Å². The van der Waals surface area contributed by atoms with Crippen LogP contribution >= 0.6 is 0 Å². The maximum atomic E-state index is 13.2. The number of benzene rings is 1. The first-order chi connectivity index (χ1) is 9.74. The van der Waals surface area contributed by atoms with Gasteiger partial charge in [0.05, 0.1) is 11.7 Å². The number of nitrogens with zero attached hydrogens (tertiary/aromatic N) is 4. The number of fused-ring (bicyclic) bond motifs is 1. The molecule has 0 saturated heterocycles. The van der Waals surface area contributed by atoms with Gasteiger partial charge in [-0.1, -0.05) is 12.1 Å². The van der Waals surface area contributed by atoms with E-state index in [2.05, 4.69) is 15.0 Å². The summed E-state index contributed by atoms with van der Waals surface area (Å²) in [6.45, 7) is 0.576. The van der Waals surface area contributed by atoms with Gasteiger partial charge >= 0.3 is 0 Å². The lowest BCUT2D eigenvalue weighted by atomic mass is 10.2. The van der Waals surface area contributed by atoms with Gasteiger partial charge in [0.25, 0.3) is 0 Å². The molecule has 0 aliphatic heterocycles. The van der Waals surface area contributed by atoms with E-state index in [1.807, 2.05) is 24.1 Å². The van der Waals surface area contributed by atoms with E-state index >= 15 is 0 Å². The Hall–Kier alpha value is -2.56. The molecule has 100 valence electrons. The Labute approximate surface area is 115 Å². The molecule has 0 N–H and O–H groups in total. The molecule has 0 radical (unpaired) electrons. The van der Waals surface area contributed by atoms with Crippen LogP contribution in [0.4, 0.5) is 10.2 Å². The van der Waals surface area contributed by atoms with Gasteiger partial charge in [0, 0.05) is 25.2 Å². The molecule has 0 aliphatic rings. The first-order valence-corrected chi connectivity index (χ1v) is 6.24. The third-order valence-electron chi connectivity index (χ3n) is 3.09. The number of aromatic nitrogens is 3. The highest BCUT2D eigenvalue weighted by molar-refractivity contribution is 5.88. The Bertz CT molecular complexity index is 739. The molecule has 20 heavy (non-hydrogen) atoms. The predicted molar refractivity (Wildman–Crippen MR) is 75.8 cm³/mol. The summed E-state index contributed by atoms with van der Waals surface area (Å²) in [5.41, 5.74) is 1.69. The van der Waals surface area contributed by atoms with Crippen molar-refractivity contribution in [2.24, 2.45) is 0 Å². The molecular weight excluding hydrogens is 255 g/mol. The highest BCUT2D eigenvalue weighted by atomic mass is 19.1. The molecule has 0 bridgehead atoms. The topological polar surface area (TPSA) is 41.9 Å². The van der Waals surface area contributed by atoms with Crippen LogP contribution in [0.25, 0.3) is 10.9 Å². The Morgan fingerprint density at radius 2 is 2.10 bits per heavy atom. The van der Waals surface area contributed by atoms with Crippen LogP contribution in [0.3, 0.4) is 0 Å². The summed E-state index contributed by atoms with van der Waals surface area (Å²) < 4.78 is 13.2. The highest BCUT2D eigenvalue weighted by Crippen LogP contribution is 2.22. The molecule has 1 aromatic carbocycles. The van der Waals surface area contributed by atoms with Crippen molar-refractivity contribution in [2.45, 2.75) is 6.54 Å². The summed E-state index contributed by atoms with van der Waals surface area (Å²) in [6.07, 6.45) is 4.93. The Morgan fingerprint density at radius 3 is 2.95 bits per heavy atom. The van der Waals surface area contributed by atoms with Gasteiger partial charge in [-0.3, -0.25) is 4.98 Å². The summed E-state index contributed by atoms with van der Waals surface area (Å²) >= 11 is 0. The molecule has 0 saturated carbocycles. The Morgan fingerprint density at radius 1 is 1.20 bits per heavy atom. The average molecular weight is 268 g/mol. The summed E-state index contributed by atoms with van der Waals surface area (Å²) in [6, 6.07) is 8.45. The van der Waals surface area contributed by atoms with Crippen LogP contribution in [0, 0.1) is 5.82 Å². The van der Waals surface area contributed by atoms with Gasteiger partial charge in [-0.05, 0) is 23.8 Å². The lowest BCUT2D eigenvalue weighted by Gasteiger charge is -2.19. The van der Waals surface area contributed by atoms with Crippen LogP contribution in [0.5, 0.6) is 0 Å². The van der Waals surface area contributed by atoms with Crippen molar-refractivity contribution in [1.29, 1.82) is 0 Å². The van der Waals surface area contributed by atoms with E-state index in [1.54, 1.807) is 18.5 Å². The van der Waals surface area contributed by atoms with E-state index in [9.17, 15) is 4.39 Å². The number of rotatable bonds is 3. The second kappa shape index (κ2) is 5.21. The van der Waals surface area contributed by atoms with Gasteiger partial charge in [-0.15, -0.1) is 0 Å². The van der Waals surface area contributed by atoms with Gasteiger partial charge in [-0.2, -0.15) is 0 Å². The number of pyridine rings is 1. The maximum Gasteiger partial charge on any atom is 0.140 e. The molecule has 3 rings (SSSR count). The zero-order valence-corrected chi connectivity index (χ0v) is 11.0. The molecule has 0 atom stereocenters. The average Bonchev–Trinajstić information content (AvgIpc) is 2.46. The smallest absolute Gasteiger partial charge is 0.140 e. The summed E-state index contributed by atoms with van der Waals surface area (Å²) in [5, 5.41) is 0.932. The molecule has 0 amide bonds. The third-order valence-corrected chi connectivity index (χ3v) is 3.09. The molecule has 4 nitrogen and oxygen atoms in total. The lowest BCUT2D eigenvalue weighted by Crippen LogP contribution is -2.18. The van der Waals surface area contributed by atoms with Gasteiger partial charge in [0.15, 0.2) is 0 Å². The van der Waals surface area contributed by atoms with Gasteiger partial charge < -0.3 is 4.90 Å². The molecule has 0 fully saturated rings. The van der Waals surface area contributed by atoms with Gasteiger partial charge in [-0.25, -0.2) is 14.4 Å². The first kappa shape index (κ1) is 12.5. The minimum atomic E-state index is -0.229. The molecule has 3 aromatic rings.